The summed E-state index contributed by atoms with van der Waals surface area (Å²) in [6.45, 7) is 0. The lowest BCUT2D eigenvalue weighted by Crippen LogP contribution is -2.18. The molecule has 1 rings (SSSR count). The minimum Gasteiger partial charge on any atom is -0.366 e. The van der Waals surface area contributed by atoms with Crippen LogP contribution in [-0.4, -0.2) is 23.1 Å². The number of amides is 3. The van der Waals surface area contributed by atoms with Gasteiger partial charge in [-0.3, -0.25) is 14.4 Å². The van der Waals surface area contributed by atoms with Crippen molar-refractivity contribution in [2.24, 2.45) is 11.5 Å². The number of primary amides is 2. The molecule has 1 aromatic rings. The topological polar surface area (TPSA) is 115 Å². The van der Waals surface area contributed by atoms with E-state index in [0.717, 1.165) is 0 Å². The molecule has 0 atom stereocenters. The van der Waals surface area contributed by atoms with Crippen molar-refractivity contribution >= 4 is 39.3 Å². The van der Waals surface area contributed by atoms with E-state index in [4.69, 9.17) is 11.5 Å². The summed E-state index contributed by atoms with van der Waals surface area (Å²) in [7, 11) is 0. The van der Waals surface area contributed by atoms with Crippen LogP contribution in [-0.2, 0) is 4.79 Å². The highest BCUT2D eigenvalue weighted by Crippen LogP contribution is 2.15. The normalized spacial score (nSPS) is 9.83. The van der Waals surface area contributed by atoms with Crippen LogP contribution in [0.5, 0.6) is 0 Å². The highest BCUT2D eigenvalue weighted by Gasteiger charge is 2.10. The second kappa shape index (κ2) is 6.15. The largest absolute Gasteiger partial charge is 0.366 e. The number of hydrogen-bond donors (Lipinski definition) is 3. The molecule has 0 heterocycles. The third-order valence-corrected chi connectivity index (χ3v) is 2.50. The first kappa shape index (κ1) is 14.2. The Kier molecular flexibility index (Phi) is 4.85. The molecule has 0 fully saturated rings. The van der Waals surface area contributed by atoms with Gasteiger partial charge in [0.1, 0.15) is 0 Å². The van der Waals surface area contributed by atoms with Crippen molar-refractivity contribution in [1.82, 2.24) is 0 Å². The summed E-state index contributed by atoms with van der Waals surface area (Å²) in [5.41, 5.74) is 10.8. The van der Waals surface area contributed by atoms with Crippen molar-refractivity contribution in [1.29, 1.82) is 0 Å². The van der Waals surface area contributed by atoms with Crippen molar-refractivity contribution < 1.29 is 14.4 Å². The Morgan fingerprint density at radius 1 is 1.06 bits per heavy atom. The molecule has 18 heavy (non-hydrogen) atoms. The minimum absolute atomic E-state index is 0.112. The third kappa shape index (κ3) is 3.85. The fraction of sp³-hybridized carbons (Fsp3) is 0.182. The molecule has 6 nitrogen and oxygen atoms in total. The fourth-order valence-electron chi connectivity index (χ4n) is 1.29. The highest BCUT2D eigenvalue weighted by molar-refractivity contribution is 9.09. The molecular formula is C11H12BrN3O3. The number of carbonyl (C=O) groups excluding carboxylic acids is 3. The smallest absolute Gasteiger partial charge is 0.248 e. The maximum absolute atomic E-state index is 11.4. The molecule has 0 aliphatic heterocycles. The number of alkyl halides is 1. The molecule has 1 aromatic carbocycles. The number of nitrogens with one attached hydrogen (secondary N) is 1. The van der Waals surface area contributed by atoms with Gasteiger partial charge in [0.15, 0.2) is 0 Å². The van der Waals surface area contributed by atoms with Crippen LogP contribution in [0.2, 0.25) is 0 Å². The van der Waals surface area contributed by atoms with Gasteiger partial charge in [-0.15, -0.1) is 0 Å². The quantitative estimate of drug-likeness (QED) is 0.691. The second-order valence-electron chi connectivity index (χ2n) is 3.51. The van der Waals surface area contributed by atoms with Gasteiger partial charge in [0.25, 0.3) is 0 Å². The Morgan fingerprint density at radius 2 is 1.56 bits per heavy atom. The summed E-state index contributed by atoms with van der Waals surface area (Å²) in [5, 5.41) is 3.06. The van der Waals surface area contributed by atoms with Crippen molar-refractivity contribution in [3.8, 4) is 0 Å². The molecule has 0 aromatic heterocycles. The van der Waals surface area contributed by atoms with Gasteiger partial charge in [0.05, 0.1) is 0 Å². The van der Waals surface area contributed by atoms with Crippen LogP contribution >= 0.6 is 15.9 Å². The molecule has 0 saturated heterocycles. The van der Waals surface area contributed by atoms with E-state index in [-0.39, 0.29) is 23.5 Å². The monoisotopic (exact) mass is 313 g/mol. The van der Waals surface area contributed by atoms with Gasteiger partial charge in [-0.2, -0.15) is 0 Å². The van der Waals surface area contributed by atoms with Gasteiger partial charge in [0, 0.05) is 28.6 Å². The number of benzene rings is 1. The SMILES string of the molecule is NC(=O)c1cc(NC(=O)CCBr)cc(C(N)=O)c1. The predicted octanol–water partition coefficient (Wildman–Crippen LogP) is 0.608. The van der Waals surface area contributed by atoms with Crippen LogP contribution in [0.15, 0.2) is 18.2 Å². The molecule has 96 valence electrons. The van der Waals surface area contributed by atoms with Gasteiger partial charge in [-0.25, -0.2) is 0 Å². The van der Waals surface area contributed by atoms with E-state index >= 15 is 0 Å². The van der Waals surface area contributed by atoms with Gasteiger partial charge in [-0.1, -0.05) is 15.9 Å². The van der Waals surface area contributed by atoms with Crippen LogP contribution in [0.25, 0.3) is 0 Å². The summed E-state index contributed by atoms with van der Waals surface area (Å²) in [4.78, 5) is 33.6. The number of halogens is 1. The van der Waals surface area contributed by atoms with Crippen molar-refractivity contribution in [3.05, 3.63) is 29.3 Å². The number of nitrogens with two attached hydrogens (primary N) is 2. The molecule has 7 heteroatoms. The number of carbonyl (C=O) groups is 3. The molecule has 0 unspecified atom stereocenters. The van der Waals surface area contributed by atoms with E-state index in [1.54, 1.807) is 0 Å². The molecule has 0 aliphatic rings. The fourth-order valence-corrected chi connectivity index (χ4v) is 1.65. The standard InChI is InChI=1S/C11H12BrN3O3/c12-2-1-9(16)15-8-4-6(10(13)17)3-7(5-8)11(14)18/h3-5H,1-2H2,(H2,13,17)(H2,14,18)(H,15,16). The molecule has 0 spiro atoms. The Hall–Kier alpha value is -1.89. The summed E-state index contributed by atoms with van der Waals surface area (Å²) in [5.74, 6) is -1.65. The van der Waals surface area contributed by atoms with Gasteiger partial charge in [0.2, 0.25) is 17.7 Å². The minimum atomic E-state index is -0.700. The van der Waals surface area contributed by atoms with Crippen LogP contribution < -0.4 is 16.8 Å². The van der Waals surface area contributed by atoms with E-state index in [1.807, 2.05) is 0 Å². The van der Waals surface area contributed by atoms with Crippen molar-refractivity contribution in [3.63, 3.8) is 0 Å². The molecule has 0 aliphatic carbocycles. The lowest BCUT2D eigenvalue weighted by molar-refractivity contribution is -0.115. The number of rotatable bonds is 5. The van der Waals surface area contributed by atoms with Gasteiger partial charge in [-0.05, 0) is 18.2 Å². The van der Waals surface area contributed by atoms with E-state index in [0.29, 0.717) is 11.0 Å². The van der Waals surface area contributed by atoms with Crippen LogP contribution in [0.1, 0.15) is 27.1 Å². The van der Waals surface area contributed by atoms with Gasteiger partial charge >= 0.3 is 0 Å². The Balaban J connectivity index is 3.07. The van der Waals surface area contributed by atoms with Gasteiger partial charge < -0.3 is 16.8 Å². The van der Waals surface area contributed by atoms with E-state index in [9.17, 15) is 14.4 Å². The molecule has 0 bridgehead atoms. The first-order valence-electron chi connectivity index (χ1n) is 5.04. The zero-order valence-electron chi connectivity index (χ0n) is 9.40. The summed E-state index contributed by atoms with van der Waals surface area (Å²) in [6, 6.07) is 4.06. The Labute approximate surface area is 112 Å². The zero-order chi connectivity index (χ0) is 13.7. The van der Waals surface area contributed by atoms with E-state index in [1.165, 1.54) is 18.2 Å². The number of anilines is 1. The average molecular weight is 314 g/mol. The zero-order valence-corrected chi connectivity index (χ0v) is 11.0. The van der Waals surface area contributed by atoms with Crippen LogP contribution in [0.4, 0.5) is 5.69 Å². The van der Waals surface area contributed by atoms with E-state index < -0.39 is 11.8 Å². The van der Waals surface area contributed by atoms with E-state index in [2.05, 4.69) is 21.2 Å². The molecular weight excluding hydrogens is 302 g/mol. The van der Waals surface area contributed by atoms with Crippen molar-refractivity contribution in [2.75, 3.05) is 10.6 Å². The Bertz CT molecular complexity index is 470. The Morgan fingerprint density at radius 3 is 1.94 bits per heavy atom. The maximum Gasteiger partial charge on any atom is 0.248 e. The van der Waals surface area contributed by atoms with Crippen LogP contribution in [0, 0.1) is 0 Å². The summed E-state index contributed by atoms with van der Waals surface area (Å²) < 4.78 is 0. The summed E-state index contributed by atoms with van der Waals surface area (Å²) >= 11 is 3.13. The first-order valence-corrected chi connectivity index (χ1v) is 6.16. The predicted molar refractivity (Wildman–Crippen MR) is 70.5 cm³/mol. The summed E-state index contributed by atoms with van der Waals surface area (Å²) in [6.07, 6.45) is 0.271. The lowest BCUT2D eigenvalue weighted by atomic mass is 10.1. The highest BCUT2D eigenvalue weighted by atomic mass is 79.9. The second-order valence-corrected chi connectivity index (χ2v) is 4.31. The molecule has 0 saturated carbocycles. The number of hydrogen-bond acceptors (Lipinski definition) is 3. The van der Waals surface area contributed by atoms with Crippen molar-refractivity contribution in [2.45, 2.75) is 6.42 Å². The lowest BCUT2D eigenvalue weighted by Gasteiger charge is -2.07. The maximum atomic E-state index is 11.4. The molecule has 5 N–H and O–H groups in total. The van der Waals surface area contributed by atoms with Crippen LogP contribution in [0.3, 0.4) is 0 Å². The molecule has 0 radical (unpaired) electrons. The third-order valence-electron chi connectivity index (χ3n) is 2.11. The first-order chi connectivity index (χ1) is 8.43. The molecule has 3 amide bonds. The average Bonchev–Trinajstić information content (AvgIpc) is 2.28.